The van der Waals surface area contributed by atoms with Crippen molar-refractivity contribution in [3.8, 4) is 0 Å². The Labute approximate surface area is 156 Å². The molecule has 1 saturated carbocycles. The fourth-order valence-corrected chi connectivity index (χ4v) is 3.30. The van der Waals surface area contributed by atoms with Crippen LogP contribution in [0.15, 0.2) is 23.8 Å². The second-order valence-electron chi connectivity index (χ2n) is 6.97. The van der Waals surface area contributed by atoms with Crippen LogP contribution in [0, 0.1) is 17.3 Å². The Balaban J connectivity index is 1.46. The van der Waals surface area contributed by atoms with E-state index in [9.17, 15) is 4.79 Å². The van der Waals surface area contributed by atoms with Crippen molar-refractivity contribution in [3.63, 3.8) is 0 Å². The molecule has 3 rings (SSSR count). The molecule has 11 heteroatoms. The summed E-state index contributed by atoms with van der Waals surface area (Å²) in [6.07, 6.45) is 5.69. The van der Waals surface area contributed by atoms with Gasteiger partial charge in [-0.05, 0) is 0 Å². The van der Waals surface area contributed by atoms with Gasteiger partial charge in [-0.25, -0.2) is 0 Å². The summed E-state index contributed by atoms with van der Waals surface area (Å²) in [5.41, 5.74) is 2.12. The normalized spacial score (nSPS) is 21.9. The van der Waals surface area contributed by atoms with Gasteiger partial charge in [0.15, 0.2) is 0 Å². The quantitative estimate of drug-likeness (QED) is 0.139. The van der Waals surface area contributed by atoms with Crippen molar-refractivity contribution in [2.24, 2.45) is 17.3 Å². The van der Waals surface area contributed by atoms with Gasteiger partial charge in [-0.3, -0.25) is 0 Å². The first-order chi connectivity index (χ1) is 12.4. The molecule has 0 aliphatic heterocycles. The average Bonchev–Trinajstić information content (AvgIpc) is 2.62. The zero-order chi connectivity index (χ0) is 19.0. The van der Waals surface area contributed by atoms with Gasteiger partial charge >= 0.3 is 155 Å². The van der Waals surface area contributed by atoms with Gasteiger partial charge in [0.2, 0.25) is 0 Å². The number of carbonyl (C=O) groups excluding carboxylic acids is 1. The van der Waals surface area contributed by atoms with Gasteiger partial charge < -0.3 is 0 Å². The van der Waals surface area contributed by atoms with Gasteiger partial charge in [-0.1, -0.05) is 0 Å². The van der Waals surface area contributed by atoms with Crippen molar-refractivity contribution in [3.05, 3.63) is 23.8 Å². The van der Waals surface area contributed by atoms with E-state index in [1.807, 2.05) is 0 Å². The fourth-order valence-electron chi connectivity index (χ4n) is 3.30. The Hall–Kier alpha value is -1.63. The van der Waals surface area contributed by atoms with Crippen LogP contribution in [0.3, 0.4) is 0 Å². The Kier molecular flexibility index (Phi) is 7.87. The van der Waals surface area contributed by atoms with E-state index in [0.29, 0.717) is 17.9 Å². The molecule has 26 heavy (non-hydrogen) atoms. The molecule has 0 aromatic carbocycles. The van der Waals surface area contributed by atoms with Gasteiger partial charge in [0.25, 0.3) is 0 Å². The summed E-state index contributed by atoms with van der Waals surface area (Å²) in [7, 11) is 4.36. The first-order valence-electron chi connectivity index (χ1n) is 8.55. The van der Waals surface area contributed by atoms with Crippen LogP contribution in [-0.2, 0) is 33.8 Å². The molecule has 3 aliphatic carbocycles. The van der Waals surface area contributed by atoms with Crippen molar-refractivity contribution in [2.45, 2.75) is 40.0 Å². The molecule has 136 valence electrons. The third-order valence-corrected chi connectivity index (χ3v) is 4.99. The molecule has 0 aromatic heterocycles. The third-order valence-electron chi connectivity index (χ3n) is 4.99. The van der Waals surface area contributed by atoms with Crippen LogP contribution >= 0.6 is 0 Å². The number of fused-ring (bicyclic) bond motifs is 1. The number of hydrogen-bond donors (Lipinski definition) is 0. The molecule has 3 aliphatic rings. The van der Waals surface area contributed by atoms with Gasteiger partial charge in [0.1, 0.15) is 0 Å². The summed E-state index contributed by atoms with van der Waals surface area (Å²) in [6.45, 7) is 10.1. The van der Waals surface area contributed by atoms with E-state index in [-0.39, 0.29) is 5.57 Å². The van der Waals surface area contributed by atoms with Crippen LogP contribution < -0.4 is 0 Å². The molecule has 0 aromatic rings. The number of rotatable bonds is 11. The molecular formula is C15H22B4O7. The molecule has 2 atom stereocenters. The van der Waals surface area contributed by atoms with E-state index in [0.717, 1.165) is 33.4 Å². The van der Waals surface area contributed by atoms with Crippen molar-refractivity contribution >= 4 is 34.0 Å². The van der Waals surface area contributed by atoms with Crippen molar-refractivity contribution < 1.29 is 33.8 Å². The fraction of sp³-hybridized carbons (Fsp3) is 0.667. The maximum absolute atomic E-state index is 11.0. The van der Waals surface area contributed by atoms with Crippen LogP contribution in [-0.4, -0.2) is 40.6 Å². The number of carbonyl (C=O) groups is 1. The average molecular weight is 358 g/mol. The van der Waals surface area contributed by atoms with Gasteiger partial charge in [0.05, 0.1) is 0 Å². The van der Waals surface area contributed by atoms with E-state index >= 15 is 0 Å². The third kappa shape index (κ3) is 5.69. The van der Waals surface area contributed by atoms with Crippen LogP contribution in [0.25, 0.3) is 0 Å². The van der Waals surface area contributed by atoms with Gasteiger partial charge in [-0.2, -0.15) is 0 Å². The number of hydrogen-bond acceptors (Lipinski definition) is 7. The van der Waals surface area contributed by atoms with Crippen LogP contribution in [0.4, 0.5) is 0 Å². The molecule has 0 saturated heterocycles. The molecule has 0 N–H and O–H groups in total. The topological polar surface area (TPSA) is 72.5 Å². The van der Waals surface area contributed by atoms with Crippen LogP contribution in [0.1, 0.15) is 40.0 Å². The predicted molar refractivity (Wildman–Crippen MR) is 96.9 cm³/mol. The Morgan fingerprint density at radius 3 is 2.46 bits per heavy atom. The molecule has 0 amide bonds. The molecule has 2 unspecified atom stereocenters. The Morgan fingerprint density at radius 1 is 1.19 bits per heavy atom. The Morgan fingerprint density at radius 2 is 1.85 bits per heavy atom. The monoisotopic (exact) mass is 358 g/mol. The number of allylic oxidation sites excluding steroid dienone is 1. The second kappa shape index (κ2) is 9.90. The van der Waals surface area contributed by atoms with E-state index in [1.165, 1.54) is 32.3 Å². The predicted octanol–water partition coefficient (Wildman–Crippen LogP) is 1.62. The van der Waals surface area contributed by atoms with Crippen LogP contribution in [0.5, 0.6) is 0 Å². The minimum atomic E-state index is -0.675. The minimum absolute atomic E-state index is 0.219. The van der Waals surface area contributed by atoms with Gasteiger partial charge in [-0.15, -0.1) is 0 Å². The SMILES string of the molecule is C=C(C)C(=O)OO/B=B/OO/B=B/OOCCC1=CCC2CC1C2(C)C. The maximum atomic E-state index is 11.0. The van der Waals surface area contributed by atoms with E-state index in [4.69, 9.17) is 9.69 Å². The molecule has 0 spiro atoms. The first kappa shape index (κ1) is 20.7. The van der Waals surface area contributed by atoms with Crippen molar-refractivity contribution in [1.29, 1.82) is 0 Å². The molecule has 1 fully saturated rings. The van der Waals surface area contributed by atoms with Crippen molar-refractivity contribution in [2.75, 3.05) is 6.61 Å². The molecular weight excluding hydrogens is 335 g/mol. The summed E-state index contributed by atoms with van der Waals surface area (Å²) in [5.74, 6) is 0.845. The molecule has 2 bridgehead atoms. The first-order valence-corrected chi connectivity index (χ1v) is 8.55. The van der Waals surface area contributed by atoms with E-state index in [2.05, 4.69) is 45.8 Å². The van der Waals surface area contributed by atoms with Crippen LogP contribution in [0.2, 0.25) is 0 Å². The zero-order valence-corrected chi connectivity index (χ0v) is 15.4. The Bertz CT molecular complexity index is 603. The summed E-state index contributed by atoms with van der Waals surface area (Å²) in [4.78, 5) is 38.8. The summed E-state index contributed by atoms with van der Waals surface area (Å²) >= 11 is 0. The summed E-state index contributed by atoms with van der Waals surface area (Å²) in [6, 6.07) is 0. The zero-order valence-electron chi connectivity index (χ0n) is 15.4. The van der Waals surface area contributed by atoms with Crippen molar-refractivity contribution in [1.82, 2.24) is 0 Å². The second-order valence-corrected chi connectivity index (χ2v) is 6.97. The standard InChI is InChI=1S/C15H22B4O7/c1-10(2)14(20)22-24-17-19-26-25-18-16-23-21-8-7-11-5-6-12-9-13(11)15(12,3)4/h5,12-13H,1,6-9H2,2-4H3. The molecule has 7 nitrogen and oxygen atoms in total. The van der Waals surface area contributed by atoms with E-state index in [1.54, 1.807) is 0 Å². The summed E-state index contributed by atoms with van der Waals surface area (Å²) in [5, 5.41) is 0. The molecule has 0 heterocycles. The van der Waals surface area contributed by atoms with E-state index < -0.39 is 5.97 Å². The van der Waals surface area contributed by atoms with Gasteiger partial charge in [0, 0.05) is 0 Å². The summed E-state index contributed by atoms with van der Waals surface area (Å²) < 4.78 is 0. The molecule has 0 radical (unpaired) electrons.